The van der Waals surface area contributed by atoms with Crippen molar-refractivity contribution in [3.63, 3.8) is 0 Å². The van der Waals surface area contributed by atoms with Crippen LogP contribution >= 0.6 is 0 Å². The number of benzene rings is 2. The predicted octanol–water partition coefficient (Wildman–Crippen LogP) is 4.20. The number of aliphatic hydroxyl groups is 1. The monoisotopic (exact) mass is 362 g/mol. The van der Waals surface area contributed by atoms with Gasteiger partial charge in [-0.05, 0) is 36.6 Å². The lowest BCUT2D eigenvalue weighted by molar-refractivity contribution is 0.250. The maximum absolute atomic E-state index is 9.17. The molecular formula is C23H26N2O2. The van der Waals surface area contributed by atoms with Gasteiger partial charge in [0.15, 0.2) is 0 Å². The summed E-state index contributed by atoms with van der Waals surface area (Å²) in [5.74, 6) is 0.606. The molecule has 3 aromatic rings. The van der Waals surface area contributed by atoms with Crippen LogP contribution in [-0.2, 0) is 6.54 Å². The average molecular weight is 362 g/mol. The highest BCUT2D eigenvalue weighted by atomic mass is 16.5. The maximum Gasteiger partial charge on any atom is 0.218 e. The van der Waals surface area contributed by atoms with Gasteiger partial charge in [0, 0.05) is 23.7 Å². The lowest BCUT2D eigenvalue weighted by Crippen LogP contribution is -2.28. The minimum atomic E-state index is 0.0270. The van der Waals surface area contributed by atoms with Gasteiger partial charge < -0.3 is 15.2 Å². The number of nitrogens with zero attached hydrogens (tertiary/aromatic N) is 1. The maximum atomic E-state index is 9.17. The summed E-state index contributed by atoms with van der Waals surface area (Å²) in [7, 11) is 1.64. The van der Waals surface area contributed by atoms with E-state index < -0.39 is 0 Å². The van der Waals surface area contributed by atoms with Gasteiger partial charge in [-0.25, -0.2) is 4.98 Å². The van der Waals surface area contributed by atoms with E-state index in [9.17, 15) is 5.11 Å². The number of hydrogen-bond donors (Lipinski definition) is 2. The van der Waals surface area contributed by atoms with E-state index in [-0.39, 0.29) is 12.6 Å². The van der Waals surface area contributed by atoms with Crippen LogP contribution in [-0.4, -0.2) is 29.8 Å². The summed E-state index contributed by atoms with van der Waals surface area (Å²) < 4.78 is 5.51. The number of aromatic nitrogens is 1. The highest BCUT2D eigenvalue weighted by molar-refractivity contribution is 5.77. The van der Waals surface area contributed by atoms with Crippen LogP contribution in [0.25, 0.3) is 22.4 Å². The Labute approximate surface area is 160 Å². The molecule has 27 heavy (non-hydrogen) atoms. The number of hydrogen-bond acceptors (Lipinski definition) is 4. The number of methoxy groups -OCH3 is 1. The molecule has 0 saturated carbocycles. The van der Waals surface area contributed by atoms with Gasteiger partial charge in [0.1, 0.15) is 0 Å². The fourth-order valence-electron chi connectivity index (χ4n) is 3.12. The zero-order chi connectivity index (χ0) is 19.2. The van der Waals surface area contributed by atoms with E-state index in [4.69, 9.17) is 9.72 Å². The van der Waals surface area contributed by atoms with Crippen molar-refractivity contribution >= 4 is 0 Å². The molecule has 0 spiro atoms. The van der Waals surface area contributed by atoms with Gasteiger partial charge in [0.25, 0.3) is 0 Å². The molecule has 4 heteroatoms. The summed E-state index contributed by atoms with van der Waals surface area (Å²) in [6, 6.07) is 20.8. The molecule has 0 aliphatic carbocycles. The van der Waals surface area contributed by atoms with Crippen molar-refractivity contribution < 1.29 is 9.84 Å². The molecule has 0 aliphatic heterocycles. The summed E-state index contributed by atoms with van der Waals surface area (Å²) in [6.45, 7) is 4.76. The molecule has 0 radical (unpaired) electrons. The number of pyridine rings is 1. The number of aliphatic hydroxyl groups excluding tert-OH is 1. The smallest absolute Gasteiger partial charge is 0.218 e. The molecule has 3 rings (SSSR count). The van der Waals surface area contributed by atoms with E-state index in [0.717, 1.165) is 16.8 Å². The van der Waals surface area contributed by atoms with Crippen LogP contribution in [0.5, 0.6) is 5.88 Å². The topological polar surface area (TPSA) is 54.4 Å². The van der Waals surface area contributed by atoms with Crippen LogP contribution in [0.1, 0.15) is 18.1 Å². The molecule has 0 amide bonds. The normalized spacial score (nSPS) is 12.0. The molecule has 0 bridgehead atoms. The first kappa shape index (κ1) is 19.1. The first-order chi connectivity index (χ1) is 13.1. The molecule has 1 aromatic heterocycles. The van der Waals surface area contributed by atoms with Gasteiger partial charge in [0.05, 0.1) is 19.4 Å². The molecule has 0 saturated heterocycles. The molecular weight excluding hydrogens is 336 g/mol. The zero-order valence-corrected chi connectivity index (χ0v) is 16.1. The van der Waals surface area contributed by atoms with Crippen molar-refractivity contribution in [1.82, 2.24) is 10.3 Å². The second kappa shape index (κ2) is 8.80. The van der Waals surface area contributed by atoms with Crippen molar-refractivity contribution in [3.8, 4) is 28.3 Å². The second-order valence-corrected chi connectivity index (χ2v) is 6.67. The van der Waals surface area contributed by atoms with E-state index in [1.54, 1.807) is 7.11 Å². The molecule has 140 valence electrons. The van der Waals surface area contributed by atoms with Gasteiger partial charge in [-0.15, -0.1) is 0 Å². The summed E-state index contributed by atoms with van der Waals surface area (Å²) >= 11 is 0. The van der Waals surface area contributed by atoms with Crippen molar-refractivity contribution in [2.75, 3.05) is 13.7 Å². The minimum Gasteiger partial charge on any atom is -0.481 e. The summed E-state index contributed by atoms with van der Waals surface area (Å²) in [6.07, 6.45) is 0. The van der Waals surface area contributed by atoms with Crippen LogP contribution in [0.2, 0.25) is 0 Å². The quantitative estimate of drug-likeness (QED) is 0.661. The molecule has 1 heterocycles. The number of rotatable bonds is 7. The molecule has 2 N–H and O–H groups in total. The number of nitrogens with one attached hydrogen (secondary N) is 1. The largest absolute Gasteiger partial charge is 0.481 e. The Morgan fingerprint density at radius 3 is 2.44 bits per heavy atom. The molecule has 2 aromatic carbocycles. The summed E-state index contributed by atoms with van der Waals surface area (Å²) in [4.78, 5) is 4.74. The lowest BCUT2D eigenvalue weighted by Gasteiger charge is -2.15. The van der Waals surface area contributed by atoms with Crippen molar-refractivity contribution in [2.45, 2.75) is 26.4 Å². The van der Waals surface area contributed by atoms with Crippen molar-refractivity contribution in [3.05, 3.63) is 71.8 Å². The van der Waals surface area contributed by atoms with Gasteiger partial charge in [-0.3, -0.25) is 0 Å². The minimum absolute atomic E-state index is 0.0270. The summed E-state index contributed by atoms with van der Waals surface area (Å²) in [5.41, 5.74) is 6.55. The van der Waals surface area contributed by atoms with E-state index in [2.05, 4.69) is 54.7 Å². The Hall–Kier alpha value is -2.69. The van der Waals surface area contributed by atoms with Crippen LogP contribution in [0.15, 0.2) is 60.7 Å². The van der Waals surface area contributed by atoms with Crippen LogP contribution in [0.3, 0.4) is 0 Å². The van der Waals surface area contributed by atoms with E-state index in [0.29, 0.717) is 12.4 Å². The second-order valence-electron chi connectivity index (χ2n) is 6.67. The van der Waals surface area contributed by atoms with Crippen LogP contribution < -0.4 is 10.1 Å². The molecule has 0 unspecified atom stereocenters. The number of ether oxygens (including phenoxy) is 1. The Morgan fingerprint density at radius 2 is 1.74 bits per heavy atom. The Bertz CT molecular complexity index is 894. The Balaban J connectivity index is 1.95. The van der Waals surface area contributed by atoms with E-state index in [1.807, 2.05) is 25.1 Å². The molecule has 4 nitrogen and oxygen atoms in total. The Kier molecular flexibility index (Phi) is 6.22. The van der Waals surface area contributed by atoms with Crippen molar-refractivity contribution in [2.24, 2.45) is 0 Å². The van der Waals surface area contributed by atoms with Crippen LogP contribution in [0, 0.1) is 6.92 Å². The molecule has 0 fully saturated rings. The van der Waals surface area contributed by atoms with E-state index in [1.165, 1.54) is 16.7 Å². The fraction of sp³-hybridized carbons (Fsp3) is 0.261. The SMILES string of the molecule is COc1nc(-c2cccc(-c3ccccc3)c2C)ccc1CN[C@H](C)CO. The lowest BCUT2D eigenvalue weighted by atomic mass is 9.94. The third-order valence-corrected chi connectivity index (χ3v) is 4.74. The van der Waals surface area contributed by atoms with E-state index >= 15 is 0 Å². The highest BCUT2D eigenvalue weighted by Crippen LogP contribution is 2.32. The Morgan fingerprint density at radius 1 is 1.00 bits per heavy atom. The molecule has 1 atom stereocenters. The first-order valence-corrected chi connectivity index (χ1v) is 9.17. The molecule has 0 aliphatic rings. The van der Waals surface area contributed by atoms with Crippen molar-refractivity contribution in [1.29, 1.82) is 0 Å². The van der Waals surface area contributed by atoms with Crippen LogP contribution in [0.4, 0.5) is 0 Å². The zero-order valence-electron chi connectivity index (χ0n) is 16.1. The third kappa shape index (κ3) is 4.35. The summed E-state index contributed by atoms with van der Waals surface area (Å²) in [5, 5.41) is 12.4. The fourth-order valence-corrected chi connectivity index (χ4v) is 3.12. The van der Waals surface area contributed by atoms with Gasteiger partial charge in [-0.1, -0.05) is 54.6 Å². The highest BCUT2D eigenvalue weighted by Gasteiger charge is 2.12. The van der Waals surface area contributed by atoms with Gasteiger partial charge in [0.2, 0.25) is 5.88 Å². The standard InChI is InChI=1S/C23H26N2O2/c1-16(15-26)24-14-19-12-13-22(25-23(19)27-3)21-11-7-10-20(17(21)2)18-8-5-4-6-9-18/h4-13,16,24,26H,14-15H2,1-3H3/t16-/m1/s1. The average Bonchev–Trinajstić information content (AvgIpc) is 2.72. The predicted molar refractivity (Wildman–Crippen MR) is 110 cm³/mol. The first-order valence-electron chi connectivity index (χ1n) is 9.17. The van der Waals surface area contributed by atoms with Gasteiger partial charge >= 0.3 is 0 Å². The third-order valence-electron chi connectivity index (χ3n) is 4.74. The van der Waals surface area contributed by atoms with Gasteiger partial charge in [-0.2, -0.15) is 0 Å².